The van der Waals surface area contributed by atoms with Crippen molar-refractivity contribution in [3.8, 4) is 5.75 Å². The molecule has 11 heteroatoms. The number of ether oxygens (including phenoxy) is 2. The van der Waals surface area contributed by atoms with Crippen LogP contribution in [0.15, 0.2) is 54.0 Å². The summed E-state index contributed by atoms with van der Waals surface area (Å²) in [5, 5.41) is 12.3. The molecule has 0 bridgehead atoms. The van der Waals surface area contributed by atoms with Gasteiger partial charge in [-0.25, -0.2) is 14.6 Å². The van der Waals surface area contributed by atoms with Gasteiger partial charge in [-0.05, 0) is 48.1 Å². The van der Waals surface area contributed by atoms with E-state index in [1.807, 2.05) is 23.6 Å². The molecule has 0 atom stereocenters. The van der Waals surface area contributed by atoms with E-state index in [4.69, 9.17) is 19.4 Å². The third-order valence-electron chi connectivity index (χ3n) is 5.43. The van der Waals surface area contributed by atoms with Gasteiger partial charge in [-0.2, -0.15) is 13.2 Å². The number of halogens is 3. The molecule has 4 rings (SSSR count). The normalized spacial score (nSPS) is 14.2. The predicted octanol–water partition coefficient (Wildman–Crippen LogP) is 5.75. The van der Waals surface area contributed by atoms with Crippen LogP contribution in [0.2, 0.25) is 0 Å². The molecule has 1 saturated heterocycles. The Morgan fingerprint density at radius 3 is 2.43 bits per heavy atom. The Morgan fingerprint density at radius 1 is 1.11 bits per heavy atom. The minimum absolute atomic E-state index is 0.235. The van der Waals surface area contributed by atoms with Gasteiger partial charge >= 0.3 is 18.2 Å². The fourth-order valence-corrected chi connectivity index (χ4v) is 4.07. The number of aromatic nitrogens is 1. The van der Waals surface area contributed by atoms with Gasteiger partial charge in [-0.1, -0.05) is 30.3 Å². The number of carbonyl (C=O) groups excluding carboxylic acids is 1. The first-order valence-corrected chi connectivity index (χ1v) is 11.8. The van der Waals surface area contributed by atoms with E-state index in [1.54, 1.807) is 11.1 Å². The van der Waals surface area contributed by atoms with Crippen molar-refractivity contribution in [3.05, 3.63) is 59.0 Å². The smallest absolute Gasteiger partial charge is 0.490 e. The van der Waals surface area contributed by atoms with Crippen molar-refractivity contribution >= 4 is 34.2 Å². The molecule has 7 nitrogen and oxygen atoms in total. The minimum Gasteiger partial charge on any atom is -0.494 e. The number of carboxylic acid groups (broad SMARTS) is 1. The average Bonchev–Trinajstić information content (AvgIpc) is 3.36. The van der Waals surface area contributed by atoms with Crippen molar-refractivity contribution in [1.82, 2.24) is 9.88 Å². The molecule has 2 aromatic carbocycles. The molecule has 0 aliphatic carbocycles. The fraction of sp³-hybridized carbons (Fsp3) is 0.375. The number of thiazole rings is 1. The van der Waals surface area contributed by atoms with Crippen LogP contribution in [0.1, 0.15) is 24.3 Å². The molecule has 1 N–H and O–H groups in total. The molecule has 2 heterocycles. The molecule has 1 aromatic heterocycles. The third kappa shape index (κ3) is 8.43. The molecule has 0 spiro atoms. The van der Waals surface area contributed by atoms with Crippen molar-refractivity contribution in [2.24, 2.45) is 5.92 Å². The van der Waals surface area contributed by atoms with E-state index in [-0.39, 0.29) is 12.7 Å². The summed E-state index contributed by atoms with van der Waals surface area (Å²) in [6.07, 6.45) is -0.601. The van der Waals surface area contributed by atoms with Gasteiger partial charge in [0.15, 0.2) is 0 Å². The summed E-state index contributed by atoms with van der Waals surface area (Å²) in [5.74, 6) is -1.25. The highest BCUT2D eigenvalue weighted by atomic mass is 32.1. The number of amides is 1. The lowest BCUT2D eigenvalue weighted by Gasteiger charge is -2.31. The topological polar surface area (TPSA) is 89.0 Å². The standard InChI is InChI=1S/C22H24N2O3S.C2HF3O2/c25-22(27-16-21-23-10-14-28-21)24-11-7-17(8-12-24)9-13-26-20-6-5-18-3-1-2-4-19(18)15-20;3-2(4,5)1(6)7/h1-6,10,14-15,17H,7-9,11-13,16H2;(H,6,7). The number of nitrogens with zero attached hydrogens (tertiary/aromatic N) is 2. The summed E-state index contributed by atoms with van der Waals surface area (Å²) in [7, 11) is 0. The summed E-state index contributed by atoms with van der Waals surface area (Å²) >= 11 is 1.50. The average molecular weight is 511 g/mol. The summed E-state index contributed by atoms with van der Waals surface area (Å²) in [6.45, 7) is 2.46. The monoisotopic (exact) mass is 510 g/mol. The van der Waals surface area contributed by atoms with Gasteiger partial charge in [0.25, 0.3) is 0 Å². The molecule has 1 aliphatic heterocycles. The summed E-state index contributed by atoms with van der Waals surface area (Å²) in [6, 6.07) is 14.5. The van der Waals surface area contributed by atoms with Crippen molar-refractivity contribution in [3.63, 3.8) is 0 Å². The van der Waals surface area contributed by atoms with Gasteiger partial charge in [-0.15, -0.1) is 11.3 Å². The summed E-state index contributed by atoms with van der Waals surface area (Å²) in [4.78, 5) is 27.0. The van der Waals surface area contributed by atoms with Gasteiger partial charge in [0.05, 0.1) is 6.61 Å². The Hall–Kier alpha value is -3.34. The van der Waals surface area contributed by atoms with Crippen LogP contribution >= 0.6 is 11.3 Å². The van der Waals surface area contributed by atoms with Crippen LogP contribution in [-0.4, -0.2) is 52.9 Å². The Morgan fingerprint density at radius 2 is 1.80 bits per heavy atom. The van der Waals surface area contributed by atoms with Crippen molar-refractivity contribution in [1.29, 1.82) is 0 Å². The van der Waals surface area contributed by atoms with Crippen LogP contribution in [0.5, 0.6) is 5.75 Å². The highest BCUT2D eigenvalue weighted by Gasteiger charge is 2.38. The zero-order chi connectivity index (χ0) is 25.3. The number of alkyl halides is 3. The number of fused-ring (bicyclic) bond motifs is 1. The third-order valence-corrected chi connectivity index (χ3v) is 6.19. The molecular formula is C24H25F3N2O5S. The number of hydrogen-bond acceptors (Lipinski definition) is 6. The second kappa shape index (κ2) is 12.4. The van der Waals surface area contributed by atoms with E-state index < -0.39 is 12.1 Å². The zero-order valence-corrected chi connectivity index (χ0v) is 19.6. The molecule has 188 valence electrons. The van der Waals surface area contributed by atoms with Crippen LogP contribution < -0.4 is 4.74 Å². The Balaban J connectivity index is 0.000000429. The molecule has 35 heavy (non-hydrogen) atoms. The second-order valence-corrected chi connectivity index (χ2v) is 8.84. The van der Waals surface area contributed by atoms with Crippen molar-refractivity contribution in [2.45, 2.75) is 32.0 Å². The van der Waals surface area contributed by atoms with Gasteiger partial charge in [-0.3, -0.25) is 0 Å². The number of rotatable bonds is 6. The Kier molecular flexibility index (Phi) is 9.30. The lowest BCUT2D eigenvalue weighted by atomic mass is 9.94. The molecule has 1 fully saturated rings. The van der Waals surface area contributed by atoms with Crippen molar-refractivity contribution in [2.75, 3.05) is 19.7 Å². The van der Waals surface area contributed by atoms with E-state index in [9.17, 15) is 18.0 Å². The maximum atomic E-state index is 12.2. The fourth-order valence-electron chi connectivity index (χ4n) is 3.54. The Labute approximate surface area is 204 Å². The SMILES string of the molecule is O=C(O)C(F)(F)F.O=C(OCc1nccs1)N1CCC(CCOc2ccc3ccccc3c2)CC1. The molecule has 0 saturated carbocycles. The molecule has 0 unspecified atom stereocenters. The van der Waals surface area contributed by atoms with Gasteiger partial charge < -0.3 is 19.5 Å². The second-order valence-electron chi connectivity index (χ2n) is 7.86. The van der Waals surface area contributed by atoms with Crippen molar-refractivity contribution < 1.29 is 37.3 Å². The highest BCUT2D eigenvalue weighted by molar-refractivity contribution is 7.09. The molecule has 0 radical (unpaired) electrons. The Bertz CT molecular complexity index is 1100. The van der Waals surface area contributed by atoms with Crippen LogP contribution in [0.25, 0.3) is 10.8 Å². The lowest BCUT2D eigenvalue weighted by molar-refractivity contribution is -0.192. The number of carbonyl (C=O) groups is 2. The first kappa shape index (κ1) is 26.3. The number of carboxylic acids is 1. The molecule has 1 aliphatic rings. The lowest BCUT2D eigenvalue weighted by Crippen LogP contribution is -2.39. The van der Waals surface area contributed by atoms with E-state index >= 15 is 0 Å². The molecule has 3 aromatic rings. The molecular weight excluding hydrogens is 485 g/mol. The van der Waals surface area contributed by atoms with Gasteiger partial charge in [0.1, 0.15) is 17.4 Å². The van der Waals surface area contributed by atoms with Crippen LogP contribution in [0, 0.1) is 5.92 Å². The van der Waals surface area contributed by atoms with E-state index in [0.29, 0.717) is 12.5 Å². The number of likely N-dealkylation sites (tertiary alicyclic amines) is 1. The summed E-state index contributed by atoms with van der Waals surface area (Å²) in [5.41, 5.74) is 0. The summed E-state index contributed by atoms with van der Waals surface area (Å²) < 4.78 is 43.0. The van der Waals surface area contributed by atoms with Gasteiger partial charge in [0.2, 0.25) is 0 Å². The quantitative estimate of drug-likeness (QED) is 0.455. The van der Waals surface area contributed by atoms with E-state index in [1.165, 1.54) is 22.1 Å². The molecule has 1 amide bonds. The highest BCUT2D eigenvalue weighted by Crippen LogP contribution is 2.24. The van der Waals surface area contributed by atoms with Gasteiger partial charge in [0, 0.05) is 24.7 Å². The number of piperidine rings is 1. The first-order valence-electron chi connectivity index (χ1n) is 10.9. The number of benzene rings is 2. The largest absolute Gasteiger partial charge is 0.494 e. The maximum absolute atomic E-state index is 12.2. The van der Waals surface area contributed by atoms with Crippen LogP contribution in [0.4, 0.5) is 18.0 Å². The first-order chi connectivity index (χ1) is 16.7. The number of aliphatic carboxylic acids is 1. The van der Waals surface area contributed by atoms with E-state index in [0.717, 1.165) is 43.1 Å². The number of hydrogen-bond donors (Lipinski definition) is 1. The minimum atomic E-state index is -5.08. The predicted molar refractivity (Wildman–Crippen MR) is 124 cm³/mol. The van der Waals surface area contributed by atoms with E-state index in [2.05, 4.69) is 29.2 Å². The maximum Gasteiger partial charge on any atom is 0.490 e. The zero-order valence-electron chi connectivity index (χ0n) is 18.7. The van der Waals surface area contributed by atoms with Crippen LogP contribution in [0.3, 0.4) is 0 Å². The van der Waals surface area contributed by atoms with Crippen LogP contribution in [-0.2, 0) is 16.1 Å².